The maximum absolute atomic E-state index is 10.8. The number of hydrogen-bond donors (Lipinski definition) is 0. The first-order valence-electron chi connectivity index (χ1n) is 4.13. The van der Waals surface area contributed by atoms with E-state index in [-0.39, 0.29) is 5.92 Å². The molecule has 3 heteroatoms. The third kappa shape index (κ3) is 3.86. The minimum Gasteiger partial charge on any atom is -0.269 e. The Balaban J connectivity index is 3.74. The predicted molar refractivity (Wildman–Crippen MR) is 44.1 cm³/mol. The molecular weight excluding hydrogens is 142 g/mol. The van der Waals surface area contributed by atoms with Crippen molar-refractivity contribution in [3.05, 3.63) is 4.91 Å². The summed E-state index contributed by atoms with van der Waals surface area (Å²) in [6.45, 7) is 3.97. The second-order valence-corrected chi connectivity index (χ2v) is 2.68. The van der Waals surface area contributed by atoms with Crippen LogP contribution in [0.2, 0.25) is 0 Å². The normalized spacial score (nSPS) is 12.5. The van der Waals surface area contributed by atoms with Gasteiger partial charge in [0.15, 0.2) is 0 Å². The van der Waals surface area contributed by atoms with Crippen LogP contribution in [-0.2, 0) is 4.79 Å². The van der Waals surface area contributed by atoms with Gasteiger partial charge in [-0.05, 0) is 12.8 Å². The highest BCUT2D eigenvalue weighted by molar-refractivity contribution is 5.79. The van der Waals surface area contributed by atoms with Crippen molar-refractivity contribution in [2.75, 3.05) is 0 Å². The van der Waals surface area contributed by atoms with Gasteiger partial charge in [0.1, 0.15) is 0 Å². The molecule has 0 spiro atoms. The predicted octanol–water partition coefficient (Wildman–Crippen LogP) is 2.50. The zero-order chi connectivity index (χ0) is 8.69. The molecule has 3 nitrogen and oxygen atoms in total. The smallest absolute Gasteiger partial charge is 0.269 e. The molecule has 0 bridgehead atoms. The van der Waals surface area contributed by atoms with Gasteiger partial charge >= 0.3 is 0 Å². The van der Waals surface area contributed by atoms with Crippen LogP contribution in [0.4, 0.5) is 0 Å². The van der Waals surface area contributed by atoms with Gasteiger partial charge in [-0.15, -0.1) is 4.91 Å². The minimum absolute atomic E-state index is 0.132. The van der Waals surface area contributed by atoms with E-state index in [9.17, 15) is 9.70 Å². The lowest BCUT2D eigenvalue weighted by atomic mass is 9.99. The van der Waals surface area contributed by atoms with Gasteiger partial charge in [0.25, 0.3) is 5.91 Å². The lowest BCUT2D eigenvalue weighted by Crippen LogP contribution is -2.10. The van der Waals surface area contributed by atoms with E-state index in [1.807, 2.05) is 6.92 Å². The number of nitroso groups, excluding NO2 is 1. The fourth-order valence-corrected chi connectivity index (χ4v) is 1.03. The van der Waals surface area contributed by atoms with Gasteiger partial charge in [-0.2, -0.15) is 0 Å². The SMILES string of the molecule is CCCCC(CC)C(=O)N=O. The first kappa shape index (κ1) is 10.3. The zero-order valence-corrected chi connectivity index (χ0v) is 7.17. The van der Waals surface area contributed by atoms with Crippen LogP contribution in [0.5, 0.6) is 0 Å². The fourth-order valence-electron chi connectivity index (χ4n) is 1.03. The third-order valence-corrected chi connectivity index (χ3v) is 1.84. The highest BCUT2D eigenvalue weighted by atomic mass is 16.3. The molecule has 1 unspecified atom stereocenters. The van der Waals surface area contributed by atoms with Crippen molar-refractivity contribution in [1.82, 2.24) is 0 Å². The number of unbranched alkanes of at least 4 members (excludes halogenated alkanes) is 1. The molecule has 0 aromatic heterocycles. The Hall–Kier alpha value is -0.730. The van der Waals surface area contributed by atoms with E-state index < -0.39 is 5.91 Å². The molecule has 0 radical (unpaired) electrons. The highest BCUT2D eigenvalue weighted by Crippen LogP contribution is 2.13. The Morgan fingerprint density at radius 2 is 2.09 bits per heavy atom. The molecule has 0 N–H and O–H groups in total. The van der Waals surface area contributed by atoms with Crippen LogP contribution in [0.1, 0.15) is 39.5 Å². The van der Waals surface area contributed by atoms with Gasteiger partial charge in [-0.25, -0.2) is 0 Å². The Morgan fingerprint density at radius 1 is 1.45 bits per heavy atom. The highest BCUT2D eigenvalue weighted by Gasteiger charge is 2.15. The molecule has 0 aromatic carbocycles. The molecule has 0 rings (SSSR count). The Morgan fingerprint density at radius 3 is 2.45 bits per heavy atom. The average molecular weight is 157 g/mol. The van der Waals surface area contributed by atoms with Gasteiger partial charge < -0.3 is 0 Å². The average Bonchev–Trinajstić information content (AvgIpc) is 2.05. The van der Waals surface area contributed by atoms with Crippen LogP contribution in [0, 0.1) is 10.8 Å². The molecule has 1 atom stereocenters. The number of carbonyl (C=O) groups excluding carboxylic acids is 1. The van der Waals surface area contributed by atoms with Crippen molar-refractivity contribution in [2.24, 2.45) is 11.1 Å². The van der Waals surface area contributed by atoms with Crippen molar-refractivity contribution in [1.29, 1.82) is 0 Å². The van der Waals surface area contributed by atoms with Crippen molar-refractivity contribution in [3.8, 4) is 0 Å². The lowest BCUT2D eigenvalue weighted by molar-refractivity contribution is -0.122. The van der Waals surface area contributed by atoms with E-state index in [2.05, 4.69) is 12.1 Å². The minimum atomic E-state index is -0.485. The maximum atomic E-state index is 10.8. The van der Waals surface area contributed by atoms with Crippen LogP contribution < -0.4 is 0 Å². The summed E-state index contributed by atoms with van der Waals surface area (Å²) in [6, 6.07) is 0. The van der Waals surface area contributed by atoms with Crippen molar-refractivity contribution in [2.45, 2.75) is 39.5 Å². The van der Waals surface area contributed by atoms with E-state index in [1.165, 1.54) is 0 Å². The molecule has 1 amide bonds. The molecule has 0 aliphatic heterocycles. The Bertz CT molecular complexity index is 134. The summed E-state index contributed by atoms with van der Waals surface area (Å²) in [5, 5.41) is 2.42. The largest absolute Gasteiger partial charge is 0.289 e. The zero-order valence-electron chi connectivity index (χ0n) is 7.17. The summed E-state index contributed by atoms with van der Waals surface area (Å²) >= 11 is 0. The number of rotatable bonds is 5. The quantitative estimate of drug-likeness (QED) is 0.575. The summed E-state index contributed by atoms with van der Waals surface area (Å²) in [6.07, 6.45) is 3.59. The molecule has 64 valence electrons. The third-order valence-electron chi connectivity index (χ3n) is 1.84. The van der Waals surface area contributed by atoms with Gasteiger partial charge in [0.2, 0.25) is 0 Å². The van der Waals surface area contributed by atoms with Crippen molar-refractivity contribution < 1.29 is 4.79 Å². The topological polar surface area (TPSA) is 46.5 Å². The van der Waals surface area contributed by atoms with E-state index in [1.54, 1.807) is 0 Å². The lowest BCUT2D eigenvalue weighted by Gasteiger charge is -2.06. The molecule has 0 aliphatic carbocycles. The first-order valence-corrected chi connectivity index (χ1v) is 4.13. The Labute approximate surface area is 67.2 Å². The summed E-state index contributed by atoms with van der Waals surface area (Å²) in [7, 11) is 0. The van der Waals surface area contributed by atoms with Gasteiger partial charge in [-0.3, -0.25) is 4.79 Å². The summed E-state index contributed by atoms with van der Waals surface area (Å²) in [4.78, 5) is 20.6. The maximum Gasteiger partial charge on any atom is 0.289 e. The van der Waals surface area contributed by atoms with Crippen LogP contribution in [-0.4, -0.2) is 5.91 Å². The Kier molecular flexibility index (Phi) is 5.61. The van der Waals surface area contributed by atoms with E-state index >= 15 is 0 Å². The van der Waals surface area contributed by atoms with Crippen LogP contribution in [0.25, 0.3) is 0 Å². The standard InChI is InChI=1S/C8H15NO2/c1-3-5-6-7(4-2)8(10)9-11/h7H,3-6H2,1-2H3. The van der Waals surface area contributed by atoms with Crippen LogP contribution >= 0.6 is 0 Å². The molecule has 0 aliphatic rings. The first-order chi connectivity index (χ1) is 5.26. The summed E-state index contributed by atoms with van der Waals surface area (Å²) in [5.41, 5.74) is 0. The van der Waals surface area contributed by atoms with Gasteiger partial charge in [0, 0.05) is 11.1 Å². The molecule has 0 saturated carbocycles. The molecule has 0 fully saturated rings. The molecule has 0 aromatic rings. The molecule has 11 heavy (non-hydrogen) atoms. The number of nitrogens with zero attached hydrogens (tertiary/aromatic N) is 1. The fraction of sp³-hybridized carbons (Fsp3) is 0.875. The summed E-state index contributed by atoms with van der Waals surface area (Å²) < 4.78 is 0. The van der Waals surface area contributed by atoms with Crippen molar-refractivity contribution >= 4 is 5.91 Å². The van der Waals surface area contributed by atoms with Crippen LogP contribution in [0.15, 0.2) is 5.18 Å². The second-order valence-electron chi connectivity index (χ2n) is 2.68. The number of carbonyl (C=O) groups is 1. The number of amides is 1. The van der Waals surface area contributed by atoms with E-state index in [0.29, 0.717) is 0 Å². The monoisotopic (exact) mass is 157 g/mol. The van der Waals surface area contributed by atoms with E-state index in [0.717, 1.165) is 25.7 Å². The molecular formula is C8H15NO2. The summed E-state index contributed by atoms with van der Waals surface area (Å²) in [5.74, 6) is -0.617. The number of hydrogen-bond acceptors (Lipinski definition) is 2. The van der Waals surface area contributed by atoms with Crippen LogP contribution in [0.3, 0.4) is 0 Å². The molecule has 0 saturated heterocycles. The van der Waals surface area contributed by atoms with Crippen molar-refractivity contribution in [3.63, 3.8) is 0 Å². The van der Waals surface area contributed by atoms with Gasteiger partial charge in [-0.1, -0.05) is 26.7 Å². The second kappa shape index (κ2) is 6.01. The van der Waals surface area contributed by atoms with E-state index in [4.69, 9.17) is 0 Å². The molecule has 0 heterocycles. The van der Waals surface area contributed by atoms with Gasteiger partial charge in [0.05, 0.1) is 0 Å².